The van der Waals surface area contributed by atoms with Gasteiger partial charge >= 0.3 is 0 Å². The molecule has 144 valence electrons. The van der Waals surface area contributed by atoms with Gasteiger partial charge in [-0.1, -0.05) is 24.3 Å². The van der Waals surface area contributed by atoms with Crippen molar-refractivity contribution in [1.82, 2.24) is 0 Å². The SMILES string of the molecule is CS(=O)(=O)c1ccc(C2=C(c3cccc(F)c3)C(=C3CCC3)OC23CC3)cc1. The number of halogens is 1. The van der Waals surface area contributed by atoms with E-state index < -0.39 is 9.84 Å². The largest absolute Gasteiger partial charge is 0.482 e. The van der Waals surface area contributed by atoms with E-state index >= 15 is 0 Å². The molecule has 5 heteroatoms. The van der Waals surface area contributed by atoms with Crippen LogP contribution in [0.25, 0.3) is 11.1 Å². The van der Waals surface area contributed by atoms with Crippen LogP contribution >= 0.6 is 0 Å². The Morgan fingerprint density at radius 3 is 2.25 bits per heavy atom. The predicted molar refractivity (Wildman–Crippen MR) is 107 cm³/mol. The Bertz CT molecular complexity index is 1130. The van der Waals surface area contributed by atoms with E-state index in [0.717, 1.165) is 60.1 Å². The molecule has 0 saturated heterocycles. The molecule has 2 saturated carbocycles. The summed E-state index contributed by atoms with van der Waals surface area (Å²) in [4.78, 5) is 0.297. The number of rotatable bonds is 3. The van der Waals surface area contributed by atoms with Crippen LogP contribution in [0.3, 0.4) is 0 Å². The molecule has 1 spiro atoms. The molecule has 1 heterocycles. The van der Waals surface area contributed by atoms with E-state index in [-0.39, 0.29) is 11.4 Å². The van der Waals surface area contributed by atoms with E-state index in [1.54, 1.807) is 24.3 Å². The standard InChI is InChI=1S/C23H21FO3S/c1-28(25,26)19-10-8-15(9-11-19)21-20(17-6-3-7-18(24)14-17)22(16-4-2-5-16)27-23(21)12-13-23/h3,6-11,14H,2,4-5,12-13H2,1H3. The Morgan fingerprint density at radius 1 is 1.00 bits per heavy atom. The van der Waals surface area contributed by atoms with Crippen LogP contribution in [0.4, 0.5) is 4.39 Å². The molecule has 0 aromatic heterocycles. The molecule has 2 aromatic carbocycles. The zero-order valence-electron chi connectivity index (χ0n) is 15.7. The molecule has 3 nitrogen and oxygen atoms in total. The first-order valence-electron chi connectivity index (χ1n) is 9.60. The second-order valence-corrected chi connectivity index (χ2v) is 9.96. The lowest BCUT2D eigenvalue weighted by Gasteiger charge is -2.21. The first-order chi connectivity index (χ1) is 13.4. The Hall–Kier alpha value is -2.40. The molecule has 0 bridgehead atoms. The predicted octanol–water partition coefficient (Wildman–Crippen LogP) is 5.14. The topological polar surface area (TPSA) is 43.4 Å². The van der Waals surface area contributed by atoms with Gasteiger partial charge in [0, 0.05) is 17.4 Å². The van der Waals surface area contributed by atoms with Gasteiger partial charge in [0.05, 0.1) is 4.90 Å². The van der Waals surface area contributed by atoms with Crippen LogP contribution in [0.15, 0.2) is 64.8 Å². The monoisotopic (exact) mass is 396 g/mol. The second kappa shape index (κ2) is 6.05. The molecule has 0 atom stereocenters. The summed E-state index contributed by atoms with van der Waals surface area (Å²) in [6.07, 6.45) is 6.25. The fraction of sp³-hybridized carbons (Fsp3) is 0.304. The molecule has 2 aliphatic carbocycles. The van der Waals surface area contributed by atoms with Gasteiger partial charge in [-0.2, -0.15) is 0 Å². The van der Waals surface area contributed by atoms with Crippen LogP contribution in [0.2, 0.25) is 0 Å². The number of benzene rings is 2. The fourth-order valence-corrected chi connectivity index (χ4v) is 4.76. The minimum Gasteiger partial charge on any atom is -0.482 e. The maximum atomic E-state index is 14.0. The normalized spacial score (nSPS) is 20.4. The molecule has 2 aromatic rings. The van der Waals surface area contributed by atoms with E-state index in [2.05, 4.69) is 0 Å². The summed E-state index contributed by atoms with van der Waals surface area (Å²) in [5.74, 6) is 0.642. The Morgan fingerprint density at radius 2 is 1.71 bits per heavy atom. The van der Waals surface area contributed by atoms with Gasteiger partial charge in [0.15, 0.2) is 9.84 Å². The van der Waals surface area contributed by atoms with Crippen LogP contribution in [-0.4, -0.2) is 20.3 Å². The van der Waals surface area contributed by atoms with Crippen LogP contribution in [0.1, 0.15) is 43.2 Å². The van der Waals surface area contributed by atoms with Crippen molar-refractivity contribution in [2.24, 2.45) is 0 Å². The van der Waals surface area contributed by atoms with Crippen molar-refractivity contribution in [3.63, 3.8) is 0 Å². The van der Waals surface area contributed by atoms with Gasteiger partial charge in [-0.05, 0) is 73.1 Å². The molecule has 1 aliphatic heterocycles. The highest BCUT2D eigenvalue weighted by atomic mass is 32.2. The van der Waals surface area contributed by atoms with Gasteiger partial charge in [0.2, 0.25) is 0 Å². The van der Waals surface area contributed by atoms with Crippen LogP contribution in [0, 0.1) is 5.82 Å². The van der Waals surface area contributed by atoms with Crippen molar-refractivity contribution in [2.75, 3.05) is 6.26 Å². The van der Waals surface area contributed by atoms with Crippen molar-refractivity contribution in [1.29, 1.82) is 0 Å². The zero-order chi connectivity index (χ0) is 19.5. The fourth-order valence-electron chi connectivity index (χ4n) is 4.13. The van der Waals surface area contributed by atoms with E-state index in [1.807, 2.05) is 18.2 Å². The Balaban J connectivity index is 1.74. The summed E-state index contributed by atoms with van der Waals surface area (Å²) in [6, 6.07) is 13.6. The zero-order valence-corrected chi connectivity index (χ0v) is 16.5. The molecule has 0 N–H and O–H groups in total. The summed E-state index contributed by atoms with van der Waals surface area (Å²) in [6.45, 7) is 0. The van der Waals surface area contributed by atoms with Crippen molar-refractivity contribution < 1.29 is 17.5 Å². The third kappa shape index (κ3) is 2.80. The van der Waals surface area contributed by atoms with E-state index in [4.69, 9.17) is 4.74 Å². The first-order valence-corrected chi connectivity index (χ1v) is 11.5. The lowest BCUT2D eigenvalue weighted by molar-refractivity contribution is 0.164. The summed E-state index contributed by atoms with van der Waals surface area (Å²) in [5, 5.41) is 0. The molecule has 5 rings (SSSR count). The van der Waals surface area contributed by atoms with Gasteiger partial charge < -0.3 is 4.74 Å². The van der Waals surface area contributed by atoms with Crippen LogP contribution in [0.5, 0.6) is 0 Å². The number of hydrogen-bond acceptors (Lipinski definition) is 3. The summed E-state index contributed by atoms with van der Waals surface area (Å²) in [7, 11) is -3.25. The Kier molecular flexibility index (Phi) is 3.82. The van der Waals surface area contributed by atoms with E-state index in [0.29, 0.717) is 4.90 Å². The van der Waals surface area contributed by atoms with E-state index in [9.17, 15) is 12.8 Å². The molecule has 28 heavy (non-hydrogen) atoms. The maximum absolute atomic E-state index is 14.0. The number of sulfone groups is 1. The molecule has 0 amide bonds. The highest BCUT2D eigenvalue weighted by Crippen LogP contribution is 2.61. The lowest BCUT2D eigenvalue weighted by Crippen LogP contribution is -2.11. The highest BCUT2D eigenvalue weighted by molar-refractivity contribution is 7.90. The molecule has 0 unspecified atom stereocenters. The molecular formula is C23H21FO3S. The third-order valence-electron chi connectivity index (χ3n) is 5.90. The summed E-state index contributed by atoms with van der Waals surface area (Å²) < 4.78 is 44.2. The average molecular weight is 396 g/mol. The highest BCUT2D eigenvalue weighted by Gasteiger charge is 2.56. The molecule has 3 aliphatic rings. The van der Waals surface area contributed by atoms with Crippen molar-refractivity contribution in [3.8, 4) is 0 Å². The minimum absolute atomic E-state index is 0.272. The van der Waals surface area contributed by atoms with Crippen LogP contribution < -0.4 is 0 Å². The van der Waals surface area contributed by atoms with Crippen molar-refractivity contribution in [3.05, 3.63) is 76.8 Å². The van der Waals surface area contributed by atoms with Gasteiger partial charge in [0.25, 0.3) is 0 Å². The lowest BCUT2D eigenvalue weighted by atomic mass is 9.85. The summed E-state index contributed by atoms with van der Waals surface area (Å²) >= 11 is 0. The van der Waals surface area contributed by atoms with Crippen molar-refractivity contribution >= 4 is 21.0 Å². The second-order valence-electron chi connectivity index (χ2n) is 7.94. The van der Waals surface area contributed by atoms with Gasteiger partial charge in [0.1, 0.15) is 17.2 Å². The maximum Gasteiger partial charge on any atom is 0.175 e. The molecular weight excluding hydrogens is 375 g/mol. The minimum atomic E-state index is -3.25. The van der Waals surface area contributed by atoms with Gasteiger partial charge in [-0.15, -0.1) is 0 Å². The Labute approximate surface area is 164 Å². The number of ether oxygens (including phenoxy) is 1. The van der Waals surface area contributed by atoms with Gasteiger partial charge in [-0.3, -0.25) is 0 Å². The number of hydrogen-bond donors (Lipinski definition) is 0. The van der Waals surface area contributed by atoms with Gasteiger partial charge in [-0.25, -0.2) is 12.8 Å². The first kappa shape index (κ1) is 17.7. The smallest absolute Gasteiger partial charge is 0.175 e. The molecule has 0 radical (unpaired) electrons. The van der Waals surface area contributed by atoms with Crippen molar-refractivity contribution in [2.45, 2.75) is 42.6 Å². The third-order valence-corrected chi connectivity index (χ3v) is 7.03. The van der Waals surface area contributed by atoms with E-state index in [1.165, 1.54) is 17.9 Å². The molecule has 2 fully saturated rings. The summed E-state index contributed by atoms with van der Waals surface area (Å²) in [5.41, 5.74) is 4.74. The average Bonchev–Trinajstić information content (AvgIpc) is 3.28. The number of allylic oxidation sites excluding steroid dienone is 2. The van der Waals surface area contributed by atoms with Crippen LogP contribution in [-0.2, 0) is 14.6 Å². The quantitative estimate of drug-likeness (QED) is 0.721.